The molecule has 0 aromatic carbocycles. The first-order valence-corrected chi connectivity index (χ1v) is 9.02. The first-order chi connectivity index (χ1) is 9.34. The van der Waals surface area contributed by atoms with Gasteiger partial charge in [-0.3, -0.25) is 0 Å². The molecule has 0 heterocycles. The van der Waals surface area contributed by atoms with E-state index in [2.05, 4.69) is 0 Å². The molecule has 0 radical (unpaired) electrons. The summed E-state index contributed by atoms with van der Waals surface area (Å²) in [6, 6.07) is 0. The van der Waals surface area contributed by atoms with Gasteiger partial charge in [0.25, 0.3) is 0 Å². The Morgan fingerprint density at radius 3 is 1.79 bits per heavy atom. The van der Waals surface area contributed by atoms with Gasteiger partial charge in [0.05, 0.1) is 6.10 Å². The minimum absolute atomic E-state index is 0.00878. The maximum atomic E-state index is 10.1. The van der Waals surface area contributed by atoms with Crippen molar-refractivity contribution in [2.24, 2.45) is 11.8 Å². The smallest absolute Gasteiger partial charge is 0.0540 e. The SMILES string of the molecule is OC(CCCC1CCCCC1)CCC1CCCCC1. The van der Waals surface area contributed by atoms with Crippen LogP contribution in [0.1, 0.15) is 96.3 Å². The topological polar surface area (TPSA) is 20.2 Å². The van der Waals surface area contributed by atoms with Crippen LogP contribution in [0.15, 0.2) is 0 Å². The van der Waals surface area contributed by atoms with E-state index in [4.69, 9.17) is 0 Å². The van der Waals surface area contributed by atoms with Crippen molar-refractivity contribution in [1.82, 2.24) is 0 Å². The van der Waals surface area contributed by atoms with E-state index in [1.54, 1.807) is 0 Å². The second kappa shape index (κ2) is 9.00. The lowest BCUT2D eigenvalue weighted by Gasteiger charge is -2.23. The molecule has 1 N–H and O–H groups in total. The average molecular weight is 266 g/mol. The van der Waals surface area contributed by atoms with Gasteiger partial charge >= 0.3 is 0 Å². The molecule has 2 saturated carbocycles. The quantitative estimate of drug-likeness (QED) is 0.649. The molecule has 1 nitrogen and oxygen atoms in total. The summed E-state index contributed by atoms with van der Waals surface area (Å²) in [6.07, 6.45) is 20.5. The minimum Gasteiger partial charge on any atom is -0.393 e. The molecule has 2 aliphatic carbocycles. The van der Waals surface area contributed by atoms with Gasteiger partial charge in [0.15, 0.2) is 0 Å². The summed E-state index contributed by atoms with van der Waals surface area (Å²) < 4.78 is 0. The second-order valence-corrected chi connectivity index (χ2v) is 7.17. The highest BCUT2D eigenvalue weighted by molar-refractivity contribution is 4.70. The molecule has 2 fully saturated rings. The summed E-state index contributed by atoms with van der Waals surface area (Å²) in [5, 5.41) is 10.1. The third-order valence-electron chi connectivity index (χ3n) is 5.51. The van der Waals surface area contributed by atoms with Crippen LogP contribution < -0.4 is 0 Å². The van der Waals surface area contributed by atoms with Gasteiger partial charge in [-0.25, -0.2) is 0 Å². The van der Waals surface area contributed by atoms with E-state index in [-0.39, 0.29) is 6.10 Å². The number of aliphatic hydroxyl groups excluding tert-OH is 1. The number of hydrogen-bond acceptors (Lipinski definition) is 1. The van der Waals surface area contributed by atoms with Crippen LogP contribution in [-0.4, -0.2) is 11.2 Å². The molecule has 0 aromatic rings. The maximum Gasteiger partial charge on any atom is 0.0540 e. The Hall–Kier alpha value is -0.0400. The van der Waals surface area contributed by atoms with Gasteiger partial charge in [-0.1, -0.05) is 77.0 Å². The van der Waals surface area contributed by atoms with Crippen LogP contribution in [0.4, 0.5) is 0 Å². The van der Waals surface area contributed by atoms with Gasteiger partial charge in [0.1, 0.15) is 0 Å². The zero-order chi connectivity index (χ0) is 13.3. The van der Waals surface area contributed by atoms with Crippen molar-refractivity contribution in [3.63, 3.8) is 0 Å². The molecule has 0 aliphatic heterocycles. The fraction of sp³-hybridized carbons (Fsp3) is 1.00. The first kappa shape index (κ1) is 15.4. The number of hydrogen-bond donors (Lipinski definition) is 1. The third kappa shape index (κ3) is 6.29. The minimum atomic E-state index is -0.00878. The number of aliphatic hydroxyl groups is 1. The van der Waals surface area contributed by atoms with Gasteiger partial charge in [-0.2, -0.15) is 0 Å². The fourth-order valence-electron chi connectivity index (χ4n) is 4.17. The summed E-state index contributed by atoms with van der Waals surface area (Å²) in [5.41, 5.74) is 0. The van der Waals surface area contributed by atoms with Crippen molar-refractivity contribution >= 4 is 0 Å². The van der Waals surface area contributed by atoms with Gasteiger partial charge in [0.2, 0.25) is 0 Å². The van der Waals surface area contributed by atoms with E-state index in [9.17, 15) is 5.11 Å². The summed E-state index contributed by atoms with van der Waals surface area (Å²) in [4.78, 5) is 0. The molecule has 1 heteroatoms. The predicted molar refractivity (Wildman–Crippen MR) is 82.2 cm³/mol. The Bertz CT molecular complexity index is 214. The Kier molecular flexibility index (Phi) is 7.27. The van der Waals surface area contributed by atoms with E-state index >= 15 is 0 Å². The zero-order valence-corrected chi connectivity index (χ0v) is 12.8. The van der Waals surface area contributed by atoms with E-state index in [1.807, 2.05) is 0 Å². The van der Waals surface area contributed by atoms with Gasteiger partial charge in [0, 0.05) is 0 Å². The van der Waals surface area contributed by atoms with Crippen molar-refractivity contribution < 1.29 is 5.11 Å². The molecule has 0 saturated heterocycles. The van der Waals surface area contributed by atoms with Crippen LogP contribution in [0.3, 0.4) is 0 Å². The van der Waals surface area contributed by atoms with Gasteiger partial charge < -0.3 is 5.11 Å². The molecule has 0 aromatic heterocycles. The Morgan fingerprint density at radius 1 is 0.684 bits per heavy atom. The monoisotopic (exact) mass is 266 g/mol. The van der Waals surface area contributed by atoms with E-state index in [1.165, 1.54) is 83.5 Å². The van der Waals surface area contributed by atoms with E-state index < -0.39 is 0 Å². The molecule has 112 valence electrons. The first-order valence-electron chi connectivity index (χ1n) is 9.02. The molecular weight excluding hydrogens is 232 g/mol. The van der Waals surface area contributed by atoms with Crippen LogP contribution in [0.5, 0.6) is 0 Å². The Labute approximate surface area is 120 Å². The van der Waals surface area contributed by atoms with Crippen LogP contribution in [0, 0.1) is 11.8 Å². The molecule has 2 rings (SSSR count). The Morgan fingerprint density at radius 2 is 1.21 bits per heavy atom. The van der Waals surface area contributed by atoms with E-state index in [0.717, 1.165) is 24.7 Å². The van der Waals surface area contributed by atoms with Crippen molar-refractivity contribution in [2.45, 2.75) is 102 Å². The lowest BCUT2D eigenvalue weighted by Crippen LogP contribution is -2.13. The Balaban J connectivity index is 1.47. The summed E-state index contributed by atoms with van der Waals surface area (Å²) in [7, 11) is 0. The van der Waals surface area contributed by atoms with E-state index in [0.29, 0.717) is 0 Å². The highest BCUT2D eigenvalue weighted by Crippen LogP contribution is 2.30. The fourth-order valence-corrected chi connectivity index (χ4v) is 4.17. The van der Waals surface area contributed by atoms with Crippen molar-refractivity contribution in [2.75, 3.05) is 0 Å². The summed E-state index contributed by atoms with van der Waals surface area (Å²) in [6.45, 7) is 0. The molecule has 0 spiro atoms. The van der Waals surface area contributed by atoms with Gasteiger partial charge in [-0.05, 0) is 31.1 Å². The molecule has 19 heavy (non-hydrogen) atoms. The van der Waals surface area contributed by atoms with Crippen LogP contribution in [0.25, 0.3) is 0 Å². The van der Waals surface area contributed by atoms with Crippen LogP contribution in [0.2, 0.25) is 0 Å². The molecule has 1 unspecified atom stereocenters. The molecule has 2 aliphatic rings. The number of rotatable bonds is 7. The highest BCUT2D eigenvalue weighted by atomic mass is 16.3. The molecule has 0 bridgehead atoms. The lowest BCUT2D eigenvalue weighted by atomic mass is 9.84. The summed E-state index contributed by atoms with van der Waals surface area (Å²) in [5.74, 6) is 1.92. The van der Waals surface area contributed by atoms with Gasteiger partial charge in [-0.15, -0.1) is 0 Å². The molecular formula is C18H34O. The predicted octanol–water partition coefficient (Wildman–Crippen LogP) is 5.46. The van der Waals surface area contributed by atoms with Crippen molar-refractivity contribution in [3.8, 4) is 0 Å². The normalized spacial score (nSPS) is 24.5. The zero-order valence-electron chi connectivity index (χ0n) is 12.8. The largest absolute Gasteiger partial charge is 0.393 e. The summed E-state index contributed by atoms with van der Waals surface area (Å²) >= 11 is 0. The average Bonchev–Trinajstić information content (AvgIpc) is 2.47. The maximum absolute atomic E-state index is 10.1. The second-order valence-electron chi connectivity index (χ2n) is 7.17. The highest BCUT2D eigenvalue weighted by Gasteiger charge is 2.16. The van der Waals surface area contributed by atoms with Crippen LogP contribution >= 0.6 is 0 Å². The molecule has 1 atom stereocenters. The lowest BCUT2D eigenvalue weighted by molar-refractivity contribution is 0.134. The molecule has 0 amide bonds. The standard InChI is InChI=1S/C18H34O/c19-18(15-14-17-10-5-2-6-11-17)13-7-12-16-8-3-1-4-9-16/h16-19H,1-15H2. The van der Waals surface area contributed by atoms with Crippen molar-refractivity contribution in [1.29, 1.82) is 0 Å². The van der Waals surface area contributed by atoms with Crippen LogP contribution in [-0.2, 0) is 0 Å². The van der Waals surface area contributed by atoms with Crippen molar-refractivity contribution in [3.05, 3.63) is 0 Å². The third-order valence-corrected chi connectivity index (χ3v) is 5.51.